The van der Waals surface area contributed by atoms with Crippen molar-refractivity contribution in [2.45, 2.75) is 37.0 Å². The molecule has 2 aliphatic carbocycles. The van der Waals surface area contributed by atoms with Crippen molar-refractivity contribution in [2.75, 3.05) is 9.80 Å². The fraction of sp³-hybridized carbons (Fsp3) is 0.0455. The summed E-state index contributed by atoms with van der Waals surface area (Å²) in [5.41, 5.74) is 26.6. The van der Waals surface area contributed by atoms with E-state index in [0.717, 1.165) is 145 Å². The van der Waals surface area contributed by atoms with Crippen LogP contribution < -0.4 is 35.7 Å². The SMILES string of the molecule is [2H]c1c([2H])c([2H])c2c(c1[2H])c1c([2H])c(-c3ccccc3)c([2H])c([2H])c1n2-c1ccc2c(c1)N(c1ccc(-c3ccccc3)cc1-c1ccc3c(c1)Oc1ccccc1C31c3ccccc3-c3ccccc31)c1cc(C(C)(C)C)cc3c1B2c1ccc(-n2c4c([2H])c([2H])c([2H])c([2H])c4c4c([2H])c(-c5ccccc5)c([2H])c([2H])c42)cc1N3c1ccc(-c2ccccc2)cc1-c1ccc2c(c1)Oc1ccccc1C21c2ccccc2-c2ccccc21. The van der Waals surface area contributed by atoms with Gasteiger partial charge < -0.3 is 28.4 Å². The molecule has 23 aromatic rings. The number of rotatable bonds is 10. The van der Waals surface area contributed by atoms with Gasteiger partial charge in [-0.15, -0.1) is 0 Å². The van der Waals surface area contributed by atoms with Gasteiger partial charge >= 0.3 is 0 Å². The maximum Gasteiger partial charge on any atom is 0.252 e. The predicted octanol–water partition coefficient (Wildman–Crippen LogP) is 32.2. The summed E-state index contributed by atoms with van der Waals surface area (Å²) >= 11 is 0. The molecular weight excluding hydrogens is 1680 g/mol. The van der Waals surface area contributed by atoms with Crippen LogP contribution in [0.2, 0.25) is 0 Å². The lowest BCUT2D eigenvalue weighted by atomic mass is 9.33. The van der Waals surface area contributed by atoms with Gasteiger partial charge in [0.1, 0.15) is 23.0 Å². The Morgan fingerprint density at radius 3 is 0.978 bits per heavy atom. The Hall–Kier alpha value is -17.5. The summed E-state index contributed by atoms with van der Waals surface area (Å²) in [6, 6.07) is 128. The van der Waals surface area contributed by atoms with Gasteiger partial charge in [0.05, 0.1) is 63.5 Å². The molecule has 6 nitrogen and oxygen atoms in total. The second-order valence-electron chi connectivity index (χ2n) is 38.1. The van der Waals surface area contributed by atoms with Gasteiger partial charge in [-0.1, -0.05) is 372 Å². The van der Waals surface area contributed by atoms with Crippen LogP contribution in [-0.2, 0) is 16.2 Å². The number of benzene rings is 21. The first kappa shape index (κ1) is 66.0. The Kier molecular flexibility index (Phi) is 14.2. The van der Waals surface area contributed by atoms with Gasteiger partial charge in [0, 0.05) is 89.0 Å². The monoisotopic (exact) mass is 1780 g/mol. The lowest BCUT2D eigenvalue weighted by Crippen LogP contribution is -2.61. The number of nitrogens with zero attached hydrogens (tertiary/aromatic N) is 4. The molecule has 139 heavy (non-hydrogen) atoms. The van der Waals surface area contributed by atoms with Gasteiger partial charge in [-0.05, 0) is 249 Å². The fourth-order valence-corrected chi connectivity index (χ4v) is 23.8. The zero-order chi connectivity index (χ0) is 104. The molecule has 0 bridgehead atoms. The topological polar surface area (TPSA) is 34.8 Å². The van der Waals surface area contributed by atoms with Crippen LogP contribution in [0.4, 0.5) is 34.1 Å². The van der Waals surface area contributed by atoms with Crippen LogP contribution in [0.5, 0.6) is 23.0 Å². The van der Waals surface area contributed by atoms with Crippen molar-refractivity contribution in [3.8, 4) is 123 Å². The molecule has 0 radical (unpaired) electrons. The maximum absolute atomic E-state index is 10.5. The molecule has 2 aromatic heterocycles. The summed E-state index contributed by atoms with van der Waals surface area (Å²) in [7, 11) is 0. The molecule has 29 rings (SSSR count). The van der Waals surface area contributed by atoms with Gasteiger partial charge in [0.25, 0.3) is 6.71 Å². The van der Waals surface area contributed by atoms with E-state index in [1.165, 1.54) is 0 Å². The van der Waals surface area contributed by atoms with Crippen molar-refractivity contribution in [2.24, 2.45) is 0 Å². The fourth-order valence-electron chi connectivity index (χ4n) is 23.8. The molecule has 0 saturated heterocycles. The lowest BCUT2D eigenvalue weighted by molar-refractivity contribution is 0.436. The Labute approximate surface area is 826 Å². The van der Waals surface area contributed by atoms with E-state index in [1.54, 1.807) is 57.7 Å². The molecule has 0 unspecified atom stereocenters. The number of aromatic nitrogens is 2. The lowest BCUT2D eigenvalue weighted by Gasteiger charge is -2.46. The number of para-hydroxylation sites is 4. The van der Waals surface area contributed by atoms with Gasteiger partial charge in [-0.3, -0.25) is 0 Å². The third-order valence-electron chi connectivity index (χ3n) is 29.9. The molecule has 6 aliphatic rings. The molecule has 7 heteroatoms. The highest BCUT2D eigenvalue weighted by molar-refractivity contribution is 7.00. The first-order valence-corrected chi connectivity index (χ1v) is 47.3. The Morgan fingerprint density at radius 2 is 0.583 bits per heavy atom. The van der Waals surface area contributed by atoms with Crippen molar-refractivity contribution < 1.29 is 28.7 Å². The molecule has 0 atom stereocenters. The average Bonchev–Trinajstić information content (AvgIpc) is 1.66. The van der Waals surface area contributed by atoms with E-state index in [-0.39, 0.29) is 91.0 Å². The molecule has 0 N–H and O–H groups in total. The Balaban J connectivity index is 0.755. The van der Waals surface area contributed by atoms with Crippen molar-refractivity contribution in [1.82, 2.24) is 9.13 Å². The molecule has 21 aromatic carbocycles. The smallest absolute Gasteiger partial charge is 0.252 e. The minimum absolute atomic E-state index is 0.00199. The van der Waals surface area contributed by atoms with E-state index in [0.29, 0.717) is 68.2 Å². The number of hydrogen-bond acceptors (Lipinski definition) is 4. The third kappa shape index (κ3) is 11.4. The summed E-state index contributed by atoms with van der Waals surface area (Å²) in [4.78, 5) is 4.68. The third-order valence-corrected chi connectivity index (χ3v) is 29.9. The summed E-state index contributed by atoms with van der Waals surface area (Å²) in [5, 5.41) is 0.158. The normalized spacial score (nSPS) is 15.2. The molecule has 650 valence electrons. The maximum atomic E-state index is 10.5. The highest BCUT2D eigenvalue weighted by Gasteiger charge is 2.54. The van der Waals surface area contributed by atoms with Crippen molar-refractivity contribution in [3.63, 3.8) is 0 Å². The van der Waals surface area contributed by atoms with E-state index in [9.17, 15) is 19.2 Å². The zero-order valence-electron chi connectivity index (χ0n) is 89.6. The van der Waals surface area contributed by atoms with Gasteiger partial charge in [0.15, 0.2) is 0 Å². The molecule has 0 saturated carbocycles. The zero-order valence-corrected chi connectivity index (χ0v) is 75.6. The van der Waals surface area contributed by atoms with Gasteiger partial charge in [-0.2, -0.15) is 0 Å². The van der Waals surface area contributed by atoms with E-state index >= 15 is 0 Å². The van der Waals surface area contributed by atoms with Gasteiger partial charge in [-0.25, -0.2) is 0 Å². The number of fused-ring (bicyclic) bond motifs is 28. The summed E-state index contributed by atoms with van der Waals surface area (Å²) in [6.07, 6.45) is 0. The molecular formula is C132H87BN4O2. The van der Waals surface area contributed by atoms with Crippen molar-refractivity contribution >= 4 is 101 Å². The van der Waals surface area contributed by atoms with E-state index in [1.807, 2.05) is 84.9 Å². The highest BCUT2D eigenvalue weighted by Crippen LogP contribution is 2.66. The van der Waals surface area contributed by atoms with Crippen LogP contribution in [0.15, 0.2) is 473 Å². The molecule has 4 aliphatic heterocycles. The van der Waals surface area contributed by atoms with E-state index in [2.05, 4.69) is 285 Å². The molecule has 6 heterocycles. The largest absolute Gasteiger partial charge is 0.457 e. The Bertz CT molecular complexity index is 9440. The highest BCUT2D eigenvalue weighted by atomic mass is 16.5. The van der Waals surface area contributed by atoms with Crippen LogP contribution in [0, 0.1) is 0 Å². The minimum atomic E-state index is -0.832. The predicted molar refractivity (Wildman–Crippen MR) is 575 cm³/mol. The molecule has 2 spiro atoms. The molecule has 0 fully saturated rings. The van der Waals surface area contributed by atoms with Crippen LogP contribution in [-0.4, -0.2) is 15.8 Å². The standard InChI is InChI=1S/C132H87BN4O2/c1-130(2,3)92-78-123-129-124(79-92)137(118-69-59-87(83-34-10-5-11-35-83)73-102(118)91-57-65-112-128(77-91)139-126-55-31-27-51-110(126)132(112)107-48-24-18-42-97(107)98-43-19-25-49-108(98)132)122-81-94(135-116-53-29-21-45-100(116)104-75-89(61-71-120(104)135)85-38-14-7-15-39-85)63-67-114(122)133(129)113-66-62-93(134-115-52-28-20-44-99(115)103-74-88(60-70-119(103)134)84-36-12-6-13-37-84)80-121(113)136(123)117-68-58-86(82-32-8-4-9-33-82)72-101(117)90-56-64-111-127(76-90)138-125-54-30-26-50-109(125)131(111)105-46-22-16-40-95(105)96-41-17-23-47-106(96)131/h4-81H,1-3H3/i20D,21D,28D,29D,44D,45D,52D,53D,60D,61D,70D,71D,74D,75D. The number of ether oxygens (including phenoxy) is 2. The van der Waals surface area contributed by atoms with Crippen LogP contribution in [0.3, 0.4) is 0 Å². The second kappa shape index (κ2) is 30.0. The average molecular weight is 1790 g/mol. The van der Waals surface area contributed by atoms with Crippen LogP contribution in [0.25, 0.3) is 144 Å². The quantitative estimate of drug-likeness (QED) is 0.128. The van der Waals surface area contributed by atoms with Crippen LogP contribution >= 0.6 is 0 Å². The molecule has 0 amide bonds. The van der Waals surface area contributed by atoms with E-state index in [4.69, 9.17) is 9.47 Å². The number of anilines is 6. The van der Waals surface area contributed by atoms with Crippen molar-refractivity contribution in [1.29, 1.82) is 0 Å². The summed E-state index contributed by atoms with van der Waals surface area (Å²) in [5.74, 6) is 2.70. The first-order valence-electron chi connectivity index (χ1n) is 54.3. The second-order valence-corrected chi connectivity index (χ2v) is 38.1. The summed E-state index contributed by atoms with van der Waals surface area (Å²) < 4.78 is 160. The number of hydrogen-bond donors (Lipinski definition) is 0. The summed E-state index contributed by atoms with van der Waals surface area (Å²) in [6.45, 7) is 5.80. The Morgan fingerprint density at radius 1 is 0.245 bits per heavy atom. The minimum Gasteiger partial charge on any atom is -0.457 e. The van der Waals surface area contributed by atoms with Crippen LogP contribution in [0.1, 0.15) is 90.0 Å². The van der Waals surface area contributed by atoms with Gasteiger partial charge in [0.2, 0.25) is 0 Å². The van der Waals surface area contributed by atoms with E-state index < -0.39 is 71.3 Å². The first-order chi connectivity index (χ1) is 74.4. The van der Waals surface area contributed by atoms with Crippen molar-refractivity contribution in [3.05, 3.63) is 523 Å².